The molecule has 2 aromatic carbocycles. The second-order valence-corrected chi connectivity index (χ2v) is 5.12. The van der Waals surface area contributed by atoms with Crippen molar-refractivity contribution < 1.29 is 0 Å². The average Bonchev–Trinajstić information content (AvgIpc) is 2.77. The molecule has 1 heterocycles. The van der Waals surface area contributed by atoms with E-state index in [1.165, 1.54) is 26.4 Å². The van der Waals surface area contributed by atoms with Gasteiger partial charge in [0.1, 0.15) is 0 Å². The van der Waals surface area contributed by atoms with E-state index in [0.717, 1.165) is 5.56 Å². The Morgan fingerprint density at radius 2 is 1.83 bits per heavy atom. The number of nitrogens with one attached hydrogen (secondary N) is 1. The molecule has 0 fully saturated rings. The van der Waals surface area contributed by atoms with Gasteiger partial charge in [-0.15, -0.1) is 11.3 Å². The molecule has 3 heteroatoms. The van der Waals surface area contributed by atoms with Gasteiger partial charge in [0.15, 0.2) is 0 Å². The summed E-state index contributed by atoms with van der Waals surface area (Å²) in [5.41, 5.74) is 7.66. The van der Waals surface area contributed by atoms with E-state index in [1.807, 2.05) is 18.2 Å². The molecule has 3 rings (SSSR count). The SMILES string of the molecule is N=CC=C(N)c1cccc2c1sc1ccccc12. The zero-order chi connectivity index (χ0) is 12.5. The van der Waals surface area contributed by atoms with E-state index in [-0.39, 0.29) is 0 Å². The molecule has 0 radical (unpaired) electrons. The summed E-state index contributed by atoms with van der Waals surface area (Å²) in [6, 6.07) is 14.5. The fourth-order valence-corrected chi connectivity index (χ4v) is 3.39. The summed E-state index contributed by atoms with van der Waals surface area (Å²) in [5, 5.41) is 9.62. The molecule has 2 nitrogen and oxygen atoms in total. The Morgan fingerprint density at radius 1 is 1.06 bits per heavy atom. The summed E-state index contributed by atoms with van der Waals surface area (Å²) in [6.07, 6.45) is 2.85. The van der Waals surface area contributed by atoms with Crippen molar-refractivity contribution >= 4 is 43.4 Å². The van der Waals surface area contributed by atoms with Crippen molar-refractivity contribution in [1.82, 2.24) is 0 Å². The summed E-state index contributed by atoms with van der Waals surface area (Å²) in [5.74, 6) is 0. The smallest absolute Gasteiger partial charge is 0.0448 e. The van der Waals surface area contributed by atoms with E-state index in [1.54, 1.807) is 17.4 Å². The first kappa shape index (κ1) is 11.0. The third-order valence-electron chi connectivity index (χ3n) is 2.98. The number of thiophene rings is 1. The molecular weight excluding hydrogens is 240 g/mol. The second kappa shape index (κ2) is 4.27. The largest absolute Gasteiger partial charge is 0.398 e. The molecule has 3 N–H and O–H groups in total. The maximum Gasteiger partial charge on any atom is 0.0448 e. The number of nitrogens with two attached hydrogens (primary N) is 1. The lowest BCUT2D eigenvalue weighted by atomic mass is 10.1. The number of rotatable bonds is 2. The summed E-state index contributed by atoms with van der Waals surface area (Å²) in [4.78, 5) is 0. The Hall–Kier alpha value is -2.13. The molecule has 0 aliphatic rings. The van der Waals surface area contributed by atoms with Crippen molar-refractivity contribution in [1.29, 1.82) is 5.41 Å². The number of fused-ring (bicyclic) bond motifs is 3. The fourth-order valence-electron chi connectivity index (χ4n) is 2.15. The van der Waals surface area contributed by atoms with Crippen molar-refractivity contribution in [3.8, 4) is 0 Å². The molecule has 3 aromatic rings. The van der Waals surface area contributed by atoms with Crippen LogP contribution in [0.25, 0.3) is 25.9 Å². The predicted octanol–water partition coefficient (Wildman–Crippen LogP) is 4.00. The van der Waals surface area contributed by atoms with Gasteiger partial charge in [-0.25, -0.2) is 0 Å². The minimum atomic E-state index is 0.641. The molecule has 0 atom stereocenters. The highest BCUT2D eigenvalue weighted by Crippen LogP contribution is 2.36. The molecule has 0 bridgehead atoms. The van der Waals surface area contributed by atoms with E-state index in [0.29, 0.717) is 5.70 Å². The zero-order valence-corrected chi connectivity index (χ0v) is 10.5. The van der Waals surface area contributed by atoms with Crippen LogP contribution < -0.4 is 5.73 Å². The van der Waals surface area contributed by atoms with E-state index >= 15 is 0 Å². The monoisotopic (exact) mass is 252 g/mol. The fraction of sp³-hybridized carbons (Fsp3) is 0. The van der Waals surface area contributed by atoms with Gasteiger partial charge in [0, 0.05) is 37.6 Å². The standard InChI is InChI=1S/C15H12N2S/c16-9-8-13(17)12-6-3-5-11-10-4-1-2-7-14(10)18-15(11)12/h1-9,16H,17H2. The maximum atomic E-state index is 7.12. The van der Waals surface area contributed by atoms with Crippen molar-refractivity contribution in [3.63, 3.8) is 0 Å². The molecule has 0 saturated carbocycles. The highest BCUT2D eigenvalue weighted by Gasteiger charge is 2.09. The second-order valence-electron chi connectivity index (χ2n) is 4.07. The van der Waals surface area contributed by atoms with Crippen LogP contribution in [0.15, 0.2) is 48.5 Å². The molecule has 0 spiro atoms. The molecule has 0 aliphatic heterocycles. The Balaban J connectivity index is 2.41. The first-order chi connectivity index (χ1) is 8.81. The molecule has 0 saturated heterocycles. The normalized spacial score (nSPS) is 12.1. The lowest BCUT2D eigenvalue weighted by Gasteiger charge is -2.02. The number of hydrogen-bond acceptors (Lipinski definition) is 3. The van der Waals surface area contributed by atoms with Crippen LogP contribution in [-0.4, -0.2) is 6.21 Å². The number of benzene rings is 2. The van der Waals surface area contributed by atoms with Crippen molar-refractivity contribution in [2.24, 2.45) is 5.73 Å². The summed E-state index contributed by atoms with van der Waals surface area (Å²) < 4.78 is 2.46. The van der Waals surface area contributed by atoms with Crippen LogP contribution in [0.2, 0.25) is 0 Å². The lowest BCUT2D eigenvalue weighted by Crippen LogP contribution is -1.96. The van der Waals surface area contributed by atoms with Gasteiger partial charge in [-0.2, -0.15) is 0 Å². The summed E-state index contributed by atoms with van der Waals surface area (Å²) >= 11 is 1.75. The first-order valence-corrected chi connectivity index (χ1v) is 6.50. The molecule has 18 heavy (non-hydrogen) atoms. The van der Waals surface area contributed by atoms with Gasteiger partial charge < -0.3 is 11.1 Å². The number of allylic oxidation sites excluding steroid dienone is 1. The summed E-state index contributed by atoms with van der Waals surface area (Å²) in [6.45, 7) is 0. The van der Waals surface area contributed by atoms with Crippen LogP contribution in [0.5, 0.6) is 0 Å². The van der Waals surface area contributed by atoms with Crippen LogP contribution >= 0.6 is 11.3 Å². The van der Waals surface area contributed by atoms with Crippen LogP contribution in [0.3, 0.4) is 0 Å². The topological polar surface area (TPSA) is 49.9 Å². The molecule has 0 amide bonds. The maximum absolute atomic E-state index is 7.12. The van der Waals surface area contributed by atoms with Crippen LogP contribution in [0.4, 0.5) is 0 Å². The molecule has 0 aliphatic carbocycles. The Bertz CT molecular complexity index is 768. The lowest BCUT2D eigenvalue weighted by molar-refractivity contribution is 1.55. The van der Waals surface area contributed by atoms with Crippen LogP contribution in [-0.2, 0) is 0 Å². The van der Waals surface area contributed by atoms with Crippen molar-refractivity contribution in [3.05, 3.63) is 54.1 Å². The van der Waals surface area contributed by atoms with Gasteiger partial charge >= 0.3 is 0 Å². The molecule has 1 aromatic heterocycles. The highest BCUT2D eigenvalue weighted by molar-refractivity contribution is 7.26. The van der Waals surface area contributed by atoms with Gasteiger partial charge in [0.25, 0.3) is 0 Å². The summed E-state index contributed by atoms with van der Waals surface area (Å²) in [7, 11) is 0. The van der Waals surface area contributed by atoms with Crippen LogP contribution in [0.1, 0.15) is 5.56 Å². The first-order valence-electron chi connectivity index (χ1n) is 5.68. The Labute approximate surface area is 109 Å². The molecule has 0 unspecified atom stereocenters. The van der Waals surface area contributed by atoms with Crippen molar-refractivity contribution in [2.75, 3.05) is 0 Å². The van der Waals surface area contributed by atoms with E-state index < -0.39 is 0 Å². The third kappa shape index (κ3) is 1.60. The number of hydrogen-bond donors (Lipinski definition) is 2. The van der Waals surface area contributed by atoms with Gasteiger partial charge in [0.2, 0.25) is 0 Å². The van der Waals surface area contributed by atoms with Gasteiger partial charge in [-0.3, -0.25) is 0 Å². The average molecular weight is 252 g/mol. The highest BCUT2D eigenvalue weighted by atomic mass is 32.1. The van der Waals surface area contributed by atoms with Gasteiger partial charge in [-0.05, 0) is 12.1 Å². The van der Waals surface area contributed by atoms with Gasteiger partial charge in [-0.1, -0.05) is 36.4 Å². The molecule has 88 valence electrons. The van der Waals surface area contributed by atoms with Crippen LogP contribution in [0, 0.1) is 5.41 Å². The van der Waals surface area contributed by atoms with E-state index in [4.69, 9.17) is 11.1 Å². The molecular formula is C15H12N2S. The van der Waals surface area contributed by atoms with Gasteiger partial charge in [0.05, 0.1) is 0 Å². The zero-order valence-electron chi connectivity index (χ0n) is 9.68. The quantitative estimate of drug-likeness (QED) is 0.665. The Kier molecular flexibility index (Phi) is 2.61. The van der Waals surface area contributed by atoms with E-state index in [9.17, 15) is 0 Å². The Morgan fingerprint density at radius 3 is 2.67 bits per heavy atom. The van der Waals surface area contributed by atoms with Crippen molar-refractivity contribution in [2.45, 2.75) is 0 Å². The van der Waals surface area contributed by atoms with E-state index in [2.05, 4.69) is 24.3 Å². The predicted molar refractivity (Wildman–Crippen MR) is 80.3 cm³/mol. The minimum absolute atomic E-state index is 0.641. The minimum Gasteiger partial charge on any atom is -0.398 e. The third-order valence-corrected chi connectivity index (χ3v) is 4.20.